The van der Waals surface area contributed by atoms with Crippen LogP contribution in [-0.4, -0.2) is 19.4 Å². The molecular formula is C18H20N2O4S. The molecule has 1 atom stereocenters. The zero-order valence-corrected chi connectivity index (χ0v) is 15.2. The van der Waals surface area contributed by atoms with Gasteiger partial charge in [-0.25, -0.2) is 8.42 Å². The van der Waals surface area contributed by atoms with Crippen LogP contribution in [0.4, 0.5) is 11.4 Å². The number of anilines is 1. The zero-order valence-electron chi connectivity index (χ0n) is 14.3. The molecule has 0 N–H and O–H groups in total. The van der Waals surface area contributed by atoms with Gasteiger partial charge in [0.1, 0.15) is 0 Å². The monoisotopic (exact) mass is 360 g/mol. The quantitative estimate of drug-likeness (QED) is 0.612. The topological polar surface area (TPSA) is 80.5 Å². The van der Waals surface area contributed by atoms with E-state index < -0.39 is 14.9 Å². The van der Waals surface area contributed by atoms with E-state index in [-0.39, 0.29) is 22.5 Å². The van der Waals surface area contributed by atoms with Crippen LogP contribution in [-0.2, 0) is 16.4 Å². The number of nitro benzene ring substituents is 1. The highest BCUT2D eigenvalue weighted by Gasteiger charge is 2.37. The van der Waals surface area contributed by atoms with E-state index in [0.717, 1.165) is 5.56 Å². The second-order valence-electron chi connectivity index (χ2n) is 6.62. The van der Waals surface area contributed by atoms with Crippen LogP contribution < -0.4 is 4.31 Å². The number of sulfonamides is 1. The van der Waals surface area contributed by atoms with E-state index >= 15 is 0 Å². The molecule has 0 aliphatic carbocycles. The predicted molar refractivity (Wildman–Crippen MR) is 96.5 cm³/mol. The normalized spacial score (nSPS) is 17.0. The zero-order chi connectivity index (χ0) is 18.4. The van der Waals surface area contributed by atoms with Gasteiger partial charge in [0.25, 0.3) is 15.7 Å². The molecular weight excluding hydrogens is 340 g/mol. The van der Waals surface area contributed by atoms with Crippen LogP contribution in [0.5, 0.6) is 0 Å². The van der Waals surface area contributed by atoms with Gasteiger partial charge < -0.3 is 0 Å². The number of hydrogen-bond donors (Lipinski definition) is 0. The molecule has 0 unspecified atom stereocenters. The lowest BCUT2D eigenvalue weighted by Gasteiger charge is -2.26. The van der Waals surface area contributed by atoms with Crippen LogP contribution in [0.1, 0.15) is 37.8 Å². The Bertz CT molecular complexity index is 938. The van der Waals surface area contributed by atoms with Crippen molar-refractivity contribution in [2.45, 2.75) is 44.0 Å². The second-order valence-corrected chi connectivity index (χ2v) is 8.40. The van der Waals surface area contributed by atoms with Gasteiger partial charge in [0.05, 0.1) is 15.5 Å². The Morgan fingerprint density at radius 1 is 1.20 bits per heavy atom. The van der Waals surface area contributed by atoms with E-state index in [1.165, 1.54) is 22.5 Å². The summed E-state index contributed by atoms with van der Waals surface area (Å²) >= 11 is 0. The van der Waals surface area contributed by atoms with Crippen LogP contribution >= 0.6 is 0 Å². The fourth-order valence-corrected chi connectivity index (χ4v) is 5.37. The molecule has 3 rings (SSSR count). The van der Waals surface area contributed by atoms with Gasteiger partial charge >= 0.3 is 0 Å². The number of benzene rings is 2. The molecule has 0 spiro atoms. The first kappa shape index (κ1) is 17.4. The highest BCUT2D eigenvalue weighted by atomic mass is 32.2. The third-order valence-corrected chi connectivity index (χ3v) is 6.51. The molecule has 0 fully saturated rings. The Labute approximate surface area is 147 Å². The molecule has 0 aromatic heterocycles. The highest BCUT2D eigenvalue weighted by Crippen LogP contribution is 2.38. The third-order valence-electron chi connectivity index (χ3n) is 4.51. The van der Waals surface area contributed by atoms with E-state index in [0.29, 0.717) is 17.7 Å². The second kappa shape index (κ2) is 6.15. The summed E-state index contributed by atoms with van der Waals surface area (Å²) in [6.45, 7) is 5.54. The Balaban J connectivity index is 2.17. The summed E-state index contributed by atoms with van der Waals surface area (Å²) in [4.78, 5) is 10.7. The Kier molecular flexibility index (Phi) is 4.28. The molecule has 1 heterocycles. The van der Waals surface area contributed by atoms with Crippen LogP contribution in [0.3, 0.4) is 0 Å². The van der Waals surface area contributed by atoms with E-state index in [1.807, 2.05) is 39.0 Å². The number of para-hydroxylation sites is 1. The minimum absolute atomic E-state index is 0.0995. The first-order valence-electron chi connectivity index (χ1n) is 8.14. The van der Waals surface area contributed by atoms with Crippen LogP contribution in [0.25, 0.3) is 0 Å². The van der Waals surface area contributed by atoms with Gasteiger partial charge in [-0.05, 0) is 42.5 Å². The van der Waals surface area contributed by atoms with Gasteiger partial charge in [0.15, 0.2) is 0 Å². The van der Waals surface area contributed by atoms with Crippen molar-refractivity contribution >= 4 is 21.4 Å². The molecule has 25 heavy (non-hydrogen) atoms. The van der Waals surface area contributed by atoms with Crippen molar-refractivity contribution in [1.82, 2.24) is 0 Å². The maximum atomic E-state index is 13.4. The Hall–Kier alpha value is -2.41. The van der Waals surface area contributed by atoms with Gasteiger partial charge in [-0.15, -0.1) is 0 Å². The molecule has 1 aliphatic heterocycles. The smallest absolute Gasteiger partial charge is 0.263 e. The lowest BCUT2D eigenvalue weighted by Crippen LogP contribution is -2.36. The van der Waals surface area contributed by atoms with Gasteiger partial charge in [-0.2, -0.15) is 0 Å². The summed E-state index contributed by atoms with van der Waals surface area (Å²) in [5.41, 5.74) is 2.04. The van der Waals surface area contributed by atoms with E-state index in [2.05, 4.69) is 0 Å². The SMILES string of the molecule is CC(C)c1cc([N+](=O)[O-])ccc1S(=O)(=O)N1c2ccccc2C[C@@H]1C. The number of rotatable bonds is 4. The fraction of sp³-hybridized carbons (Fsp3) is 0.333. The molecule has 0 saturated carbocycles. The lowest BCUT2D eigenvalue weighted by atomic mass is 10.0. The number of non-ortho nitro benzene ring substituents is 1. The average molecular weight is 360 g/mol. The summed E-state index contributed by atoms with van der Waals surface area (Å²) in [5, 5.41) is 11.1. The molecule has 2 aromatic rings. The molecule has 7 heteroatoms. The minimum atomic E-state index is -3.81. The molecule has 0 amide bonds. The van der Waals surface area contributed by atoms with Crippen molar-refractivity contribution in [3.8, 4) is 0 Å². The number of nitrogens with zero attached hydrogens (tertiary/aromatic N) is 2. The largest absolute Gasteiger partial charge is 0.269 e. The molecule has 0 radical (unpaired) electrons. The molecule has 0 bridgehead atoms. The average Bonchev–Trinajstić information content (AvgIpc) is 2.90. The van der Waals surface area contributed by atoms with Crippen molar-refractivity contribution in [2.24, 2.45) is 0 Å². The minimum Gasteiger partial charge on any atom is -0.263 e. The first-order valence-corrected chi connectivity index (χ1v) is 9.58. The van der Waals surface area contributed by atoms with E-state index in [4.69, 9.17) is 0 Å². The number of hydrogen-bond acceptors (Lipinski definition) is 4. The first-order chi connectivity index (χ1) is 11.7. The van der Waals surface area contributed by atoms with Crippen molar-refractivity contribution in [1.29, 1.82) is 0 Å². The Morgan fingerprint density at radius 3 is 2.52 bits per heavy atom. The van der Waals surface area contributed by atoms with Gasteiger partial charge in [-0.3, -0.25) is 14.4 Å². The number of fused-ring (bicyclic) bond motifs is 1. The van der Waals surface area contributed by atoms with E-state index in [9.17, 15) is 18.5 Å². The summed E-state index contributed by atoms with van der Waals surface area (Å²) in [7, 11) is -3.81. The lowest BCUT2D eigenvalue weighted by molar-refractivity contribution is -0.385. The molecule has 2 aromatic carbocycles. The predicted octanol–water partition coefficient (Wildman–Crippen LogP) is 3.86. The van der Waals surface area contributed by atoms with Crippen molar-refractivity contribution in [3.05, 3.63) is 63.7 Å². The standard InChI is InChI=1S/C18H20N2O4S/c1-12(2)16-11-15(20(21)22)8-9-18(16)25(23,24)19-13(3)10-14-6-4-5-7-17(14)19/h4-9,11-13H,10H2,1-3H3/t13-/m0/s1. The molecule has 132 valence electrons. The molecule has 0 saturated heterocycles. The summed E-state index contributed by atoms with van der Waals surface area (Å²) < 4.78 is 28.2. The summed E-state index contributed by atoms with van der Waals surface area (Å²) in [6, 6.07) is 11.2. The fourth-order valence-electron chi connectivity index (χ4n) is 3.34. The summed E-state index contributed by atoms with van der Waals surface area (Å²) in [6.07, 6.45) is 0.652. The van der Waals surface area contributed by atoms with Crippen molar-refractivity contribution < 1.29 is 13.3 Å². The number of nitro groups is 1. The van der Waals surface area contributed by atoms with Crippen LogP contribution in [0.2, 0.25) is 0 Å². The van der Waals surface area contributed by atoms with Gasteiger partial charge in [0, 0.05) is 18.2 Å². The molecule has 1 aliphatic rings. The van der Waals surface area contributed by atoms with Crippen molar-refractivity contribution in [2.75, 3.05) is 4.31 Å². The van der Waals surface area contributed by atoms with Crippen molar-refractivity contribution in [3.63, 3.8) is 0 Å². The Morgan fingerprint density at radius 2 is 1.88 bits per heavy atom. The molecule has 6 nitrogen and oxygen atoms in total. The van der Waals surface area contributed by atoms with Gasteiger partial charge in [0.2, 0.25) is 0 Å². The van der Waals surface area contributed by atoms with Crippen LogP contribution in [0.15, 0.2) is 47.4 Å². The maximum absolute atomic E-state index is 13.4. The van der Waals surface area contributed by atoms with Crippen LogP contribution in [0, 0.1) is 10.1 Å². The van der Waals surface area contributed by atoms with E-state index in [1.54, 1.807) is 6.07 Å². The summed E-state index contributed by atoms with van der Waals surface area (Å²) in [5.74, 6) is -0.155. The third kappa shape index (κ3) is 2.89. The highest BCUT2D eigenvalue weighted by molar-refractivity contribution is 7.93. The maximum Gasteiger partial charge on any atom is 0.269 e. The van der Waals surface area contributed by atoms with Gasteiger partial charge in [-0.1, -0.05) is 32.0 Å².